The summed E-state index contributed by atoms with van der Waals surface area (Å²) in [6.07, 6.45) is 0.296. The predicted octanol–water partition coefficient (Wildman–Crippen LogP) is 4.08. The summed E-state index contributed by atoms with van der Waals surface area (Å²) in [4.78, 5) is 26.0. The van der Waals surface area contributed by atoms with Crippen LogP contribution < -0.4 is 9.64 Å². The molecule has 3 rings (SSSR count). The van der Waals surface area contributed by atoms with Gasteiger partial charge in [-0.3, -0.25) is 9.59 Å². The van der Waals surface area contributed by atoms with Gasteiger partial charge in [-0.05, 0) is 43.7 Å². The van der Waals surface area contributed by atoms with E-state index >= 15 is 0 Å². The van der Waals surface area contributed by atoms with Gasteiger partial charge in [0.2, 0.25) is 0 Å². The van der Waals surface area contributed by atoms with Crippen LogP contribution in [0.2, 0.25) is 5.02 Å². The van der Waals surface area contributed by atoms with E-state index in [1.807, 2.05) is 12.1 Å². The summed E-state index contributed by atoms with van der Waals surface area (Å²) in [6, 6.07) is 12.4. The minimum Gasteiger partial charge on any atom is -0.492 e. The Morgan fingerprint density at radius 2 is 2.04 bits per heavy atom. The Balaban J connectivity index is 1.73. The molecule has 0 aromatic heterocycles. The van der Waals surface area contributed by atoms with Crippen molar-refractivity contribution < 1.29 is 19.4 Å². The molecule has 2 aromatic rings. The van der Waals surface area contributed by atoms with Crippen molar-refractivity contribution >= 4 is 44.9 Å². The summed E-state index contributed by atoms with van der Waals surface area (Å²) in [7, 11) is 0. The Morgan fingerprint density at radius 3 is 2.74 bits per heavy atom. The van der Waals surface area contributed by atoms with Crippen LogP contribution in [0.1, 0.15) is 25.3 Å². The molecule has 0 saturated carbocycles. The SMILES string of the molecule is CC(=O)CC1(O)C(=O)N(CCCOc2ccccc2Cl)c2ccc(Br)cc21. The number of fused-ring (bicyclic) bond motifs is 1. The summed E-state index contributed by atoms with van der Waals surface area (Å²) in [6.45, 7) is 2.09. The van der Waals surface area contributed by atoms with E-state index in [1.165, 1.54) is 11.8 Å². The van der Waals surface area contributed by atoms with Crippen LogP contribution in [0.5, 0.6) is 5.75 Å². The first-order chi connectivity index (χ1) is 12.8. The minimum atomic E-state index is -1.82. The Labute approximate surface area is 171 Å². The molecule has 2 aromatic carbocycles. The fraction of sp³-hybridized carbons (Fsp3) is 0.300. The summed E-state index contributed by atoms with van der Waals surface area (Å²) in [5.74, 6) is -0.145. The molecule has 1 aliphatic rings. The molecule has 142 valence electrons. The van der Waals surface area contributed by atoms with Gasteiger partial charge in [0.15, 0.2) is 5.60 Å². The lowest BCUT2D eigenvalue weighted by atomic mass is 9.90. The van der Waals surface area contributed by atoms with Crippen LogP contribution in [0, 0.1) is 0 Å². The van der Waals surface area contributed by atoms with E-state index in [1.54, 1.807) is 30.3 Å². The molecule has 1 amide bonds. The van der Waals surface area contributed by atoms with E-state index in [-0.39, 0.29) is 12.2 Å². The number of carbonyl (C=O) groups excluding carboxylic acids is 2. The molecule has 5 nitrogen and oxygen atoms in total. The molecule has 1 atom stereocenters. The number of para-hydroxylation sites is 1. The molecule has 1 unspecified atom stereocenters. The third-order valence-corrected chi connectivity index (χ3v) is 5.22. The van der Waals surface area contributed by atoms with Gasteiger partial charge in [0.25, 0.3) is 5.91 Å². The molecule has 1 heterocycles. The van der Waals surface area contributed by atoms with E-state index in [0.717, 1.165) is 4.47 Å². The van der Waals surface area contributed by atoms with Crippen molar-refractivity contribution in [3.05, 3.63) is 57.5 Å². The molecular weight excluding hydrogens is 434 g/mol. The molecule has 1 N–H and O–H groups in total. The monoisotopic (exact) mass is 451 g/mol. The third kappa shape index (κ3) is 4.03. The predicted molar refractivity (Wildman–Crippen MR) is 107 cm³/mol. The molecule has 0 bridgehead atoms. The molecular formula is C20H19BrClNO4. The fourth-order valence-electron chi connectivity index (χ4n) is 3.24. The van der Waals surface area contributed by atoms with Gasteiger partial charge in [0.1, 0.15) is 11.5 Å². The van der Waals surface area contributed by atoms with E-state index in [4.69, 9.17) is 16.3 Å². The van der Waals surface area contributed by atoms with Crippen LogP contribution in [-0.2, 0) is 15.2 Å². The average Bonchev–Trinajstić information content (AvgIpc) is 2.81. The summed E-state index contributed by atoms with van der Waals surface area (Å²) >= 11 is 9.42. The number of nitrogens with zero attached hydrogens (tertiary/aromatic N) is 1. The number of carbonyl (C=O) groups is 2. The number of ether oxygens (including phenoxy) is 1. The van der Waals surface area contributed by atoms with Gasteiger partial charge in [-0.2, -0.15) is 0 Å². The first-order valence-corrected chi connectivity index (χ1v) is 9.71. The van der Waals surface area contributed by atoms with Gasteiger partial charge >= 0.3 is 0 Å². The smallest absolute Gasteiger partial charge is 0.264 e. The minimum absolute atomic E-state index is 0.248. The van der Waals surface area contributed by atoms with Crippen LogP contribution in [0.25, 0.3) is 0 Å². The molecule has 1 aliphatic heterocycles. The number of anilines is 1. The molecule has 7 heteroatoms. The number of ketones is 1. The van der Waals surface area contributed by atoms with Crippen LogP contribution in [0.15, 0.2) is 46.9 Å². The second kappa shape index (κ2) is 8.00. The van der Waals surface area contributed by atoms with Crippen LogP contribution in [0.4, 0.5) is 5.69 Å². The molecule has 0 fully saturated rings. The lowest BCUT2D eigenvalue weighted by Gasteiger charge is -2.22. The zero-order valence-corrected chi connectivity index (χ0v) is 17.1. The maximum Gasteiger partial charge on any atom is 0.264 e. The second-order valence-electron chi connectivity index (χ2n) is 6.49. The van der Waals surface area contributed by atoms with Gasteiger partial charge in [0, 0.05) is 23.0 Å². The van der Waals surface area contributed by atoms with Crippen LogP contribution >= 0.6 is 27.5 Å². The van der Waals surface area contributed by atoms with Crippen LogP contribution in [0.3, 0.4) is 0 Å². The standard InChI is InChI=1S/C20H19BrClNO4/c1-13(24)12-20(26)15-11-14(21)7-8-17(15)23(19(20)25)9-4-10-27-18-6-3-2-5-16(18)22/h2-3,5-8,11,26H,4,9-10,12H2,1H3. The van der Waals surface area contributed by atoms with Crippen molar-refractivity contribution in [3.8, 4) is 5.75 Å². The van der Waals surface area contributed by atoms with E-state index in [0.29, 0.717) is 41.6 Å². The molecule has 0 aliphatic carbocycles. The Bertz CT molecular complexity index is 888. The van der Waals surface area contributed by atoms with Gasteiger partial charge in [-0.15, -0.1) is 0 Å². The maximum absolute atomic E-state index is 12.9. The molecule has 0 saturated heterocycles. The van der Waals surface area contributed by atoms with E-state index in [2.05, 4.69) is 15.9 Å². The van der Waals surface area contributed by atoms with Crippen LogP contribution in [-0.4, -0.2) is 29.9 Å². The largest absolute Gasteiger partial charge is 0.492 e. The molecule has 0 spiro atoms. The highest BCUT2D eigenvalue weighted by atomic mass is 79.9. The Hall–Kier alpha value is -1.89. The highest BCUT2D eigenvalue weighted by Crippen LogP contribution is 2.43. The summed E-state index contributed by atoms with van der Waals surface area (Å²) in [5.41, 5.74) is -0.761. The van der Waals surface area contributed by atoms with Gasteiger partial charge in [-0.25, -0.2) is 0 Å². The quantitative estimate of drug-likeness (QED) is 0.643. The number of amides is 1. The lowest BCUT2D eigenvalue weighted by molar-refractivity contribution is -0.141. The zero-order chi connectivity index (χ0) is 19.6. The number of hydrogen-bond acceptors (Lipinski definition) is 4. The number of aliphatic hydroxyl groups is 1. The Morgan fingerprint density at radius 1 is 1.30 bits per heavy atom. The number of Topliss-reactive ketones (excluding diaryl/α,β-unsaturated/α-hetero) is 1. The summed E-state index contributed by atoms with van der Waals surface area (Å²) < 4.78 is 6.40. The first kappa shape index (κ1) is 19.9. The van der Waals surface area contributed by atoms with Crippen molar-refractivity contribution in [3.63, 3.8) is 0 Å². The highest BCUT2D eigenvalue weighted by molar-refractivity contribution is 9.10. The van der Waals surface area contributed by atoms with Crippen molar-refractivity contribution in [1.82, 2.24) is 0 Å². The fourth-order valence-corrected chi connectivity index (χ4v) is 3.79. The second-order valence-corrected chi connectivity index (χ2v) is 7.81. The van der Waals surface area contributed by atoms with Crippen molar-refractivity contribution in [2.75, 3.05) is 18.1 Å². The molecule has 27 heavy (non-hydrogen) atoms. The third-order valence-electron chi connectivity index (χ3n) is 4.42. The Kier molecular flexibility index (Phi) is 5.89. The highest BCUT2D eigenvalue weighted by Gasteiger charge is 2.50. The maximum atomic E-state index is 12.9. The average molecular weight is 453 g/mol. The first-order valence-electron chi connectivity index (χ1n) is 8.54. The number of rotatable bonds is 7. The van der Waals surface area contributed by atoms with E-state index in [9.17, 15) is 14.7 Å². The topological polar surface area (TPSA) is 66.8 Å². The van der Waals surface area contributed by atoms with Crippen molar-refractivity contribution in [1.29, 1.82) is 0 Å². The molecule has 0 radical (unpaired) electrons. The van der Waals surface area contributed by atoms with Gasteiger partial charge in [-0.1, -0.05) is 39.7 Å². The number of hydrogen-bond donors (Lipinski definition) is 1. The van der Waals surface area contributed by atoms with E-state index < -0.39 is 11.5 Å². The number of halogens is 2. The normalized spacial score (nSPS) is 18.5. The van der Waals surface area contributed by atoms with Crippen molar-refractivity contribution in [2.45, 2.75) is 25.4 Å². The van der Waals surface area contributed by atoms with Gasteiger partial charge in [0.05, 0.1) is 17.3 Å². The van der Waals surface area contributed by atoms with Crippen molar-refractivity contribution in [2.24, 2.45) is 0 Å². The zero-order valence-electron chi connectivity index (χ0n) is 14.7. The summed E-state index contributed by atoms with van der Waals surface area (Å²) in [5, 5.41) is 11.5. The van der Waals surface area contributed by atoms with Gasteiger partial charge < -0.3 is 14.7 Å². The number of benzene rings is 2. The lowest BCUT2D eigenvalue weighted by Crippen LogP contribution is -2.42.